The number of hydrogen-bond donors (Lipinski definition) is 1. The van der Waals surface area contributed by atoms with Gasteiger partial charge in [0.15, 0.2) is 11.6 Å². The maximum Gasteiger partial charge on any atom is 0.165 e. The van der Waals surface area contributed by atoms with Crippen LogP contribution in [-0.4, -0.2) is 19.3 Å². The summed E-state index contributed by atoms with van der Waals surface area (Å²) in [5.41, 5.74) is 1.81. The topological polar surface area (TPSA) is 32.7 Å². The standard InChI is InChI=1S/C15H16FNO2/c1-17(12-4-6-13(19-2)7-5-12)10-11-3-8-15(18)14(16)9-11/h3-9,18H,10H2,1-2H3. The molecular weight excluding hydrogens is 245 g/mol. The van der Waals surface area contributed by atoms with Gasteiger partial charge in [0.1, 0.15) is 5.75 Å². The number of anilines is 1. The largest absolute Gasteiger partial charge is 0.505 e. The second-order valence-corrected chi connectivity index (χ2v) is 4.34. The lowest BCUT2D eigenvalue weighted by Crippen LogP contribution is -2.16. The summed E-state index contributed by atoms with van der Waals surface area (Å²) in [4.78, 5) is 1.99. The van der Waals surface area contributed by atoms with E-state index in [1.165, 1.54) is 12.1 Å². The van der Waals surface area contributed by atoms with Crippen LogP contribution in [0.4, 0.5) is 10.1 Å². The lowest BCUT2D eigenvalue weighted by Gasteiger charge is -2.19. The molecule has 3 nitrogen and oxygen atoms in total. The number of hydrogen-bond acceptors (Lipinski definition) is 3. The Labute approximate surface area is 111 Å². The summed E-state index contributed by atoms with van der Waals surface area (Å²) in [6.45, 7) is 0.559. The van der Waals surface area contributed by atoms with Crippen LogP contribution in [-0.2, 0) is 6.54 Å². The first-order valence-electron chi connectivity index (χ1n) is 5.92. The highest BCUT2D eigenvalue weighted by atomic mass is 19.1. The molecule has 2 aromatic carbocycles. The first kappa shape index (κ1) is 13.2. The Kier molecular flexibility index (Phi) is 3.90. The molecule has 0 fully saturated rings. The number of aromatic hydroxyl groups is 1. The Hall–Kier alpha value is -2.23. The molecule has 0 amide bonds. The third-order valence-electron chi connectivity index (χ3n) is 2.95. The molecule has 0 atom stereocenters. The van der Waals surface area contributed by atoms with Crippen LogP contribution in [0, 0.1) is 5.82 Å². The number of rotatable bonds is 4. The Morgan fingerprint density at radius 1 is 1.16 bits per heavy atom. The molecule has 0 aliphatic carbocycles. The minimum absolute atomic E-state index is 0.323. The molecule has 0 aliphatic heterocycles. The summed E-state index contributed by atoms with van der Waals surface area (Å²) < 4.78 is 18.3. The van der Waals surface area contributed by atoms with Crippen molar-refractivity contribution in [3.05, 3.63) is 53.8 Å². The summed E-state index contributed by atoms with van der Waals surface area (Å²) in [5.74, 6) is -0.121. The number of methoxy groups -OCH3 is 1. The van der Waals surface area contributed by atoms with Crippen molar-refractivity contribution < 1.29 is 14.2 Å². The van der Waals surface area contributed by atoms with Gasteiger partial charge in [-0.15, -0.1) is 0 Å². The van der Waals surface area contributed by atoms with E-state index in [0.29, 0.717) is 6.54 Å². The van der Waals surface area contributed by atoms with Gasteiger partial charge in [-0.1, -0.05) is 6.07 Å². The second kappa shape index (κ2) is 5.61. The molecule has 2 rings (SSSR count). The van der Waals surface area contributed by atoms with Gasteiger partial charge < -0.3 is 14.7 Å². The maximum atomic E-state index is 13.2. The fourth-order valence-corrected chi connectivity index (χ4v) is 1.85. The molecule has 0 saturated carbocycles. The molecule has 0 saturated heterocycles. The summed E-state index contributed by atoms with van der Waals surface area (Å²) >= 11 is 0. The van der Waals surface area contributed by atoms with E-state index in [2.05, 4.69) is 0 Å². The fraction of sp³-hybridized carbons (Fsp3) is 0.200. The molecule has 0 heterocycles. The molecule has 1 N–H and O–H groups in total. The van der Waals surface area contributed by atoms with E-state index in [1.807, 2.05) is 36.2 Å². The average molecular weight is 261 g/mol. The molecule has 0 radical (unpaired) electrons. The van der Waals surface area contributed by atoms with Crippen LogP contribution in [0.1, 0.15) is 5.56 Å². The average Bonchev–Trinajstić information content (AvgIpc) is 2.43. The molecule has 2 aromatic rings. The third kappa shape index (κ3) is 3.16. The van der Waals surface area contributed by atoms with Gasteiger partial charge in [-0.2, -0.15) is 0 Å². The van der Waals surface area contributed by atoms with Gasteiger partial charge in [0.05, 0.1) is 7.11 Å². The van der Waals surface area contributed by atoms with Crippen molar-refractivity contribution in [2.75, 3.05) is 19.1 Å². The summed E-state index contributed by atoms with van der Waals surface area (Å²) in [7, 11) is 3.55. The predicted octanol–water partition coefficient (Wildman–Crippen LogP) is 3.18. The van der Waals surface area contributed by atoms with Crippen molar-refractivity contribution in [2.45, 2.75) is 6.54 Å². The number of halogens is 1. The molecule has 0 bridgehead atoms. The van der Waals surface area contributed by atoms with Crippen LogP contribution < -0.4 is 9.64 Å². The van der Waals surface area contributed by atoms with E-state index < -0.39 is 5.82 Å². The highest BCUT2D eigenvalue weighted by molar-refractivity contribution is 5.49. The zero-order valence-electron chi connectivity index (χ0n) is 10.9. The maximum absolute atomic E-state index is 13.2. The quantitative estimate of drug-likeness (QED) is 0.917. The Morgan fingerprint density at radius 3 is 2.42 bits per heavy atom. The second-order valence-electron chi connectivity index (χ2n) is 4.34. The van der Waals surface area contributed by atoms with Gasteiger partial charge in [-0.3, -0.25) is 0 Å². The fourth-order valence-electron chi connectivity index (χ4n) is 1.85. The van der Waals surface area contributed by atoms with Gasteiger partial charge in [0, 0.05) is 19.3 Å². The predicted molar refractivity (Wildman–Crippen MR) is 73.2 cm³/mol. The first-order chi connectivity index (χ1) is 9.10. The van der Waals surface area contributed by atoms with Crippen molar-refractivity contribution >= 4 is 5.69 Å². The molecule has 0 aliphatic rings. The van der Waals surface area contributed by atoms with Gasteiger partial charge >= 0.3 is 0 Å². The number of nitrogens with zero attached hydrogens (tertiary/aromatic N) is 1. The minimum atomic E-state index is -0.597. The summed E-state index contributed by atoms with van der Waals surface area (Å²) in [5, 5.41) is 9.15. The summed E-state index contributed by atoms with van der Waals surface area (Å²) in [6, 6.07) is 12.1. The van der Waals surface area contributed by atoms with Crippen LogP contribution in [0.3, 0.4) is 0 Å². The lowest BCUT2D eigenvalue weighted by molar-refractivity contribution is 0.415. The Morgan fingerprint density at radius 2 is 1.84 bits per heavy atom. The molecule has 19 heavy (non-hydrogen) atoms. The Bertz CT molecular complexity index is 555. The van der Waals surface area contributed by atoms with Gasteiger partial charge in [-0.25, -0.2) is 4.39 Å². The molecule has 0 spiro atoms. The van der Waals surface area contributed by atoms with Crippen LogP contribution in [0.15, 0.2) is 42.5 Å². The number of phenols is 1. The summed E-state index contributed by atoms with van der Waals surface area (Å²) in [6.07, 6.45) is 0. The van der Waals surface area contributed by atoms with E-state index in [0.717, 1.165) is 17.0 Å². The highest BCUT2D eigenvalue weighted by Gasteiger charge is 2.05. The Balaban J connectivity index is 2.10. The monoisotopic (exact) mass is 261 g/mol. The van der Waals surface area contributed by atoms with Crippen LogP contribution in [0.25, 0.3) is 0 Å². The van der Waals surface area contributed by atoms with Crippen molar-refractivity contribution in [3.63, 3.8) is 0 Å². The van der Waals surface area contributed by atoms with Crippen LogP contribution >= 0.6 is 0 Å². The van der Waals surface area contributed by atoms with E-state index in [9.17, 15) is 4.39 Å². The molecule has 0 unspecified atom stereocenters. The van der Waals surface area contributed by atoms with Crippen molar-refractivity contribution in [2.24, 2.45) is 0 Å². The van der Waals surface area contributed by atoms with Gasteiger partial charge in [0.2, 0.25) is 0 Å². The van der Waals surface area contributed by atoms with Crippen molar-refractivity contribution in [1.29, 1.82) is 0 Å². The molecule has 100 valence electrons. The van der Waals surface area contributed by atoms with Crippen molar-refractivity contribution in [1.82, 2.24) is 0 Å². The smallest absolute Gasteiger partial charge is 0.165 e. The molecular formula is C15H16FNO2. The number of ether oxygens (including phenoxy) is 1. The zero-order valence-corrected chi connectivity index (χ0v) is 10.9. The zero-order chi connectivity index (χ0) is 13.8. The van der Waals surface area contributed by atoms with E-state index in [1.54, 1.807) is 13.2 Å². The molecule has 0 aromatic heterocycles. The van der Waals surface area contributed by atoms with Gasteiger partial charge in [0.25, 0.3) is 0 Å². The van der Waals surface area contributed by atoms with E-state index in [4.69, 9.17) is 9.84 Å². The number of phenolic OH excluding ortho intramolecular Hbond substituents is 1. The highest BCUT2D eigenvalue weighted by Crippen LogP contribution is 2.21. The lowest BCUT2D eigenvalue weighted by atomic mass is 10.2. The van der Waals surface area contributed by atoms with E-state index >= 15 is 0 Å². The van der Waals surface area contributed by atoms with E-state index in [-0.39, 0.29) is 5.75 Å². The normalized spacial score (nSPS) is 10.3. The SMILES string of the molecule is COc1ccc(N(C)Cc2ccc(O)c(F)c2)cc1. The third-order valence-corrected chi connectivity index (χ3v) is 2.95. The first-order valence-corrected chi connectivity index (χ1v) is 5.92. The van der Waals surface area contributed by atoms with Crippen LogP contribution in [0.2, 0.25) is 0 Å². The minimum Gasteiger partial charge on any atom is -0.505 e. The van der Waals surface area contributed by atoms with Crippen molar-refractivity contribution in [3.8, 4) is 11.5 Å². The molecule has 4 heteroatoms. The van der Waals surface area contributed by atoms with Crippen LogP contribution in [0.5, 0.6) is 11.5 Å². The number of benzene rings is 2. The van der Waals surface area contributed by atoms with Gasteiger partial charge in [-0.05, 0) is 42.0 Å².